The molecule has 2 rings (SSSR count). The maximum atomic E-state index is 11.9. The first-order valence-corrected chi connectivity index (χ1v) is 8.38. The van der Waals surface area contributed by atoms with Gasteiger partial charge in [-0.2, -0.15) is 5.26 Å². The van der Waals surface area contributed by atoms with Crippen molar-refractivity contribution in [2.75, 3.05) is 13.7 Å². The highest BCUT2D eigenvalue weighted by Gasteiger charge is 2.12. The van der Waals surface area contributed by atoms with Gasteiger partial charge in [0.2, 0.25) is 0 Å². The molecule has 0 atom stereocenters. The van der Waals surface area contributed by atoms with Crippen molar-refractivity contribution in [3.05, 3.63) is 83.4 Å². The first-order valence-electron chi connectivity index (χ1n) is 8.38. The van der Waals surface area contributed by atoms with Gasteiger partial charge in [0.15, 0.2) is 0 Å². The van der Waals surface area contributed by atoms with Crippen LogP contribution in [0.25, 0.3) is 6.08 Å². The largest absolute Gasteiger partial charge is 0.488 e. The van der Waals surface area contributed by atoms with Gasteiger partial charge in [0.05, 0.1) is 12.7 Å². The van der Waals surface area contributed by atoms with Crippen molar-refractivity contribution in [1.29, 1.82) is 5.26 Å². The van der Waals surface area contributed by atoms with Crippen molar-refractivity contribution in [2.24, 2.45) is 0 Å². The summed E-state index contributed by atoms with van der Waals surface area (Å²) in [5.74, 6) is -0.630. The van der Waals surface area contributed by atoms with Crippen LogP contribution in [0.4, 0.5) is 0 Å². The second-order valence-electron chi connectivity index (χ2n) is 5.57. The molecule has 0 saturated heterocycles. The van der Waals surface area contributed by atoms with Gasteiger partial charge in [-0.25, -0.2) is 9.59 Å². The minimum Gasteiger partial charge on any atom is -0.488 e. The molecule has 6 heteroatoms. The van der Waals surface area contributed by atoms with Crippen LogP contribution in [-0.2, 0) is 20.9 Å². The van der Waals surface area contributed by atoms with E-state index in [4.69, 9.17) is 9.47 Å². The third-order valence-corrected chi connectivity index (χ3v) is 3.66. The van der Waals surface area contributed by atoms with Crippen LogP contribution in [-0.4, -0.2) is 25.7 Å². The molecular formula is C22H19NO5. The van der Waals surface area contributed by atoms with E-state index in [9.17, 15) is 14.9 Å². The summed E-state index contributed by atoms with van der Waals surface area (Å²) in [4.78, 5) is 23.4. The zero-order valence-electron chi connectivity index (χ0n) is 15.4. The normalized spacial score (nSPS) is 10.5. The lowest BCUT2D eigenvalue weighted by Gasteiger charge is -2.10. The van der Waals surface area contributed by atoms with E-state index in [1.807, 2.05) is 6.07 Å². The molecule has 0 spiro atoms. The Kier molecular flexibility index (Phi) is 7.55. The number of para-hydroxylation sites is 1. The van der Waals surface area contributed by atoms with Crippen LogP contribution < -0.4 is 4.74 Å². The van der Waals surface area contributed by atoms with E-state index < -0.39 is 11.9 Å². The van der Waals surface area contributed by atoms with Crippen molar-refractivity contribution >= 4 is 18.0 Å². The standard InChI is InChI=1S/C22H19NO5/c1-3-12-27-22(25)19(14-23)13-18-6-4-5-7-20(18)28-15-16-8-10-17(11-9-16)21(24)26-2/h3-11,13H,1,12,15H2,2H3/b19-13+. The molecule has 0 aliphatic rings. The Bertz CT molecular complexity index is 923. The monoisotopic (exact) mass is 377 g/mol. The summed E-state index contributed by atoms with van der Waals surface area (Å²) in [5, 5.41) is 9.22. The molecule has 0 saturated carbocycles. The molecule has 0 aliphatic heterocycles. The molecule has 28 heavy (non-hydrogen) atoms. The van der Waals surface area contributed by atoms with Gasteiger partial charge in [-0.05, 0) is 29.8 Å². The van der Waals surface area contributed by atoms with E-state index in [0.29, 0.717) is 16.9 Å². The van der Waals surface area contributed by atoms with E-state index >= 15 is 0 Å². The molecule has 2 aromatic rings. The number of carbonyl (C=O) groups excluding carboxylic acids is 2. The third kappa shape index (κ3) is 5.58. The van der Waals surface area contributed by atoms with Crippen LogP contribution in [0.15, 0.2) is 66.8 Å². The van der Waals surface area contributed by atoms with Crippen LogP contribution in [0, 0.1) is 11.3 Å². The molecule has 142 valence electrons. The molecule has 0 N–H and O–H groups in total. The zero-order chi connectivity index (χ0) is 20.4. The summed E-state index contributed by atoms with van der Waals surface area (Å²) in [5.41, 5.74) is 1.73. The van der Waals surface area contributed by atoms with E-state index in [2.05, 4.69) is 11.3 Å². The Hall–Kier alpha value is -3.85. The number of ether oxygens (including phenoxy) is 3. The number of carbonyl (C=O) groups is 2. The fourth-order valence-electron chi connectivity index (χ4n) is 2.25. The van der Waals surface area contributed by atoms with E-state index in [1.54, 1.807) is 48.5 Å². The van der Waals surface area contributed by atoms with Crippen LogP contribution in [0.3, 0.4) is 0 Å². The summed E-state index contributed by atoms with van der Waals surface area (Å²) in [6.45, 7) is 3.73. The molecule has 0 radical (unpaired) electrons. The van der Waals surface area contributed by atoms with Gasteiger partial charge in [0, 0.05) is 5.56 Å². The zero-order valence-corrected chi connectivity index (χ0v) is 15.4. The van der Waals surface area contributed by atoms with Crippen molar-refractivity contribution in [3.8, 4) is 11.8 Å². The fourth-order valence-corrected chi connectivity index (χ4v) is 2.25. The van der Waals surface area contributed by atoms with Crippen molar-refractivity contribution in [2.45, 2.75) is 6.61 Å². The first kappa shape index (κ1) is 20.5. The lowest BCUT2D eigenvalue weighted by molar-refractivity contribution is -0.137. The lowest BCUT2D eigenvalue weighted by Crippen LogP contribution is -2.06. The molecular weight excluding hydrogens is 358 g/mol. The Morgan fingerprint density at radius 3 is 2.50 bits per heavy atom. The maximum Gasteiger partial charge on any atom is 0.349 e. The lowest BCUT2D eigenvalue weighted by atomic mass is 10.1. The number of methoxy groups -OCH3 is 1. The summed E-state index contributed by atoms with van der Waals surface area (Å²) in [6.07, 6.45) is 2.84. The number of hydrogen-bond donors (Lipinski definition) is 0. The highest BCUT2D eigenvalue weighted by molar-refractivity contribution is 5.98. The van der Waals surface area contributed by atoms with Crippen LogP contribution in [0.1, 0.15) is 21.5 Å². The van der Waals surface area contributed by atoms with Crippen molar-refractivity contribution < 1.29 is 23.8 Å². The summed E-state index contributed by atoms with van der Waals surface area (Å²) in [7, 11) is 1.33. The number of esters is 2. The van der Waals surface area contributed by atoms with Crippen LogP contribution in [0.5, 0.6) is 5.75 Å². The second-order valence-corrected chi connectivity index (χ2v) is 5.57. The average Bonchev–Trinajstić information content (AvgIpc) is 2.74. The highest BCUT2D eigenvalue weighted by Crippen LogP contribution is 2.22. The maximum absolute atomic E-state index is 11.9. The van der Waals surface area contributed by atoms with Gasteiger partial charge in [-0.3, -0.25) is 0 Å². The first-order chi connectivity index (χ1) is 13.6. The molecule has 0 unspecified atom stereocenters. The van der Waals surface area contributed by atoms with Gasteiger partial charge in [-0.1, -0.05) is 43.0 Å². The number of nitriles is 1. The average molecular weight is 377 g/mol. The van der Waals surface area contributed by atoms with Crippen molar-refractivity contribution in [1.82, 2.24) is 0 Å². The van der Waals surface area contributed by atoms with E-state index in [0.717, 1.165) is 5.56 Å². The molecule has 2 aromatic carbocycles. The molecule has 0 amide bonds. The fraction of sp³-hybridized carbons (Fsp3) is 0.136. The summed E-state index contributed by atoms with van der Waals surface area (Å²) in [6, 6.07) is 15.7. The molecule has 0 heterocycles. The number of hydrogen-bond acceptors (Lipinski definition) is 6. The minimum absolute atomic E-state index is 0.0254. The number of nitrogens with zero attached hydrogens (tertiary/aromatic N) is 1. The number of benzene rings is 2. The summed E-state index contributed by atoms with van der Waals surface area (Å²) >= 11 is 0. The van der Waals surface area contributed by atoms with Gasteiger partial charge < -0.3 is 14.2 Å². The van der Waals surface area contributed by atoms with Crippen LogP contribution >= 0.6 is 0 Å². The molecule has 0 fully saturated rings. The predicted octanol–water partition coefficient (Wildman–Crippen LogP) is 3.69. The molecule has 0 aliphatic carbocycles. The van der Waals surface area contributed by atoms with Gasteiger partial charge in [0.1, 0.15) is 30.6 Å². The minimum atomic E-state index is -0.726. The van der Waals surface area contributed by atoms with Crippen LogP contribution in [0.2, 0.25) is 0 Å². The Labute approximate surface area is 163 Å². The van der Waals surface area contributed by atoms with E-state index in [-0.39, 0.29) is 18.8 Å². The van der Waals surface area contributed by atoms with Crippen molar-refractivity contribution in [3.63, 3.8) is 0 Å². The predicted molar refractivity (Wildman–Crippen MR) is 103 cm³/mol. The quantitative estimate of drug-likeness (QED) is 0.302. The van der Waals surface area contributed by atoms with E-state index in [1.165, 1.54) is 19.3 Å². The smallest absolute Gasteiger partial charge is 0.349 e. The molecule has 0 aromatic heterocycles. The Morgan fingerprint density at radius 2 is 1.86 bits per heavy atom. The molecule has 6 nitrogen and oxygen atoms in total. The van der Waals surface area contributed by atoms with Gasteiger partial charge in [0.25, 0.3) is 0 Å². The molecule has 0 bridgehead atoms. The second kappa shape index (κ2) is 10.3. The van der Waals surface area contributed by atoms with Gasteiger partial charge >= 0.3 is 11.9 Å². The SMILES string of the molecule is C=CCOC(=O)/C(C#N)=C/c1ccccc1OCc1ccc(C(=O)OC)cc1. The topological polar surface area (TPSA) is 85.6 Å². The summed E-state index contributed by atoms with van der Waals surface area (Å²) < 4.78 is 15.4. The third-order valence-electron chi connectivity index (χ3n) is 3.66. The highest BCUT2D eigenvalue weighted by atomic mass is 16.5. The Morgan fingerprint density at radius 1 is 1.14 bits per heavy atom. The Balaban J connectivity index is 2.14. The van der Waals surface area contributed by atoms with Gasteiger partial charge in [-0.15, -0.1) is 0 Å². The number of rotatable bonds is 8.